The topological polar surface area (TPSA) is 56.2 Å². The Kier molecular flexibility index (Phi) is 4.31. The van der Waals surface area contributed by atoms with Gasteiger partial charge in [-0.25, -0.2) is 4.98 Å². The van der Waals surface area contributed by atoms with Crippen LogP contribution in [-0.2, 0) is 16.1 Å². The van der Waals surface area contributed by atoms with Crippen molar-refractivity contribution in [3.8, 4) is 0 Å². The van der Waals surface area contributed by atoms with Crippen molar-refractivity contribution in [2.75, 3.05) is 6.61 Å². The third-order valence-corrected chi connectivity index (χ3v) is 3.69. The van der Waals surface area contributed by atoms with Crippen molar-refractivity contribution in [1.82, 2.24) is 14.9 Å². The molecule has 1 aromatic carbocycles. The first kappa shape index (κ1) is 13.8. The van der Waals surface area contributed by atoms with Crippen molar-refractivity contribution < 1.29 is 9.53 Å². The first-order valence-electron chi connectivity index (χ1n) is 7.25. The molecule has 21 heavy (non-hydrogen) atoms. The van der Waals surface area contributed by atoms with Crippen LogP contribution in [-0.4, -0.2) is 28.2 Å². The first-order valence-corrected chi connectivity index (χ1v) is 7.25. The fraction of sp³-hybridized carbons (Fsp3) is 0.375. The lowest BCUT2D eigenvalue weighted by atomic mass is 10.1. The van der Waals surface area contributed by atoms with E-state index in [-0.39, 0.29) is 18.1 Å². The maximum Gasteiger partial charge on any atom is 0.249 e. The van der Waals surface area contributed by atoms with E-state index in [0.29, 0.717) is 13.2 Å². The van der Waals surface area contributed by atoms with Gasteiger partial charge in [-0.05, 0) is 18.4 Å². The lowest BCUT2D eigenvalue weighted by Crippen LogP contribution is -2.38. The van der Waals surface area contributed by atoms with Gasteiger partial charge in [-0.15, -0.1) is 0 Å². The number of benzene rings is 1. The maximum absolute atomic E-state index is 12.3. The van der Waals surface area contributed by atoms with Crippen LogP contribution in [0.5, 0.6) is 0 Å². The second-order valence-electron chi connectivity index (χ2n) is 5.23. The number of hydrogen-bond acceptors (Lipinski definition) is 3. The van der Waals surface area contributed by atoms with Gasteiger partial charge in [-0.1, -0.05) is 30.3 Å². The predicted molar refractivity (Wildman–Crippen MR) is 78.5 cm³/mol. The van der Waals surface area contributed by atoms with Crippen molar-refractivity contribution in [2.24, 2.45) is 0 Å². The largest absolute Gasteiger partial charge is 0.368 e. The number of nitrogens with one attached hydrogen (secondary N) is 1. The number of rotatable bonds is 5. The van der Waals surface area contributed by atoms with Crippen molar-refractivity contribution >= 4 is 5.91 Å². The van der Waals surface area contributed by atoms with Gasteiger partial charge in [0.05, 0.1) is 12.4 Å². The van der Waals surface area contributed by atoms with E-state index in [1.54, 1.807) is 12.5 Å². The minimum atomic E-state index is -0.306. The third kappa shape index (κ3) is 3.49. The van der Waals surface area contributed by atoms with Crippen LogP contribution < -0.4 is 5.32 Å². The van der Waals surface area contributed by atoms with Crippen LogP contribution in [0.25, 0.3) is 0 Å². The summed E-state index contributed by atoms with van der Waals surface area (Å²) in [5, 5.41) is 3.10. The van der Waals surface area contributed by atoms with Crippen molar-refractivity contribution in [3.05, 3.63) is 54.6 Å². The Labute approximate surface area is 124 Å². The van der Waals surface area contributed by atoms with E-state index in [0.717, 1.165) is 18.4 Å². The Morgan fingerprint density at radius 2 is 2.29 bits per heavy atom. The summed E-state index contributed by atoms with van der Waals surface area (Å²) in [5.74, 6) is -0.0264. The van der Waals surface area contributed by atoms with Crippen LogP contribution >= 0.6 is 0 Å². The number of nitrogens with zero attached hydrogens (tertiary/aromatic N) is 2. The van der Waals surface area contributed by atoms with Crippen molar-refractivity contribution in [2.45, 2.75) is 31.5 Å². The minimum Gasteiger partial charge on any atom is -0.368 e. The number of imidazole rings is 1. The zero-order valence-corrected chi connectivity index (χ0v) is 11.8. The number of carbonyl (C=O) groups excluding carboxylic acids is 1. The van der Waals surface area contributed by atoms with E-state index < -0.39 is 0 Å². The van der Waals surface area contributed by atoms with E-state index in [2.05, 4.69) is 10.3 Å². The van der Waals surface area contributed by atoms with Crippen molar-refractivity contribution in [3.63, 3.8) is 0 Å². The highest BCUT2D eigenvalue weighted by Gasteiger charge is 2.26. The van der Waals surface area contributed by atoms with Gasteiger partial charge in [0.1, 0.15) is 6.10 Å². The monoisotopic (exact) mass is 285 g/mol. The Morgan fingerprint density at radius 3 is 2.95 bits per heavy atom. The molecule has 0 saturated carbocycles. The fourth-order valence-corrected chi connectivity index (χ4v) is 2.57. The smallest absolute Gasteiger partial charge is 0.249 e. The van der Waals surface area contributed by atoms with Gasteiger partial charge in [-0.3, -0.25) is 4.79 Å². The van der Waals surface area contributed by atoms with Crippen LogP contribution in [0.1, 0.15) is 24.4 Å². The maximum atomic E-state index is 12.3. The number of aromatic nitrogens is 2. The number of hydrogen-bond donors (Lipinski definition) is 1. The van der Waals surface area contributed by atoms with Gasteiger partial charge < -0.3 is 14.6 Å². The molecule has 110 valence electrons. The molecule has 0 aliphatic carbocycles. The quantitative estimate of drug-likeness (QED) is 0.913. The molecule has 5 heteroatoms. The van der Waals surface area contributed by atoms with E-state index in [9.17, 15) is 4.79 Å². The van der Waals surface area contributed by atoms with Crippen LogP contribution in [0.15, 0.2) is 49.1 Å². The highest BCUT2D eigenvalue weighted by Crippen LogP contribution is 2.18. The van der Waals surface area contributed by atoms with Gasteiger partial charge in [0.25, 0.3) is 0 Å². The summed E-state index contributed by atoms with van der Waals surface area (Å²) < 4.78 is 7.42. The molecule has 2 atom stereocenters. The molecule has 0 radical (unpaired) electrons. The summed E-state index contributed by atoms with van der Waals surface area (Å²) in [4.78, 5) is 16.3. The second kappa shape index (κ2) is 6.54. The zero-order chi connectivity index (χ0) is 14.5. The lowest BCUT2D eigenvalue weighted by Gasteiger charge is -2.21. The molecular formula is C16H19N3O2. The number of carbonyl (C=O) groups is 1. The molecule has 0 bridgehead atoms. The molecule has 2 heterocycles. The molecule has 3 rings (SSSR count). The van der Waals surface area contributed by atoms with E-state index in [4.69, 9.17) is 4.74 Å². The summed E-state index contributed by atoms with van der Waals surface area (Å²) in [5.41, 5.74) is 1.08. The second-order valence-corrected chi connectivity index (χ2v) is 5.23. The van der Waals surface area contributed by atoms with Gasteiger partial charge in [0.2, 0.25) is 5.91 Å². The average Bonchev–Trinajstić information content (AvgIpc) is 3.21. The first-order chi connectivity index (χ1) is 10.3. The van der Waals surface area contributed by atoms with Crippen LogP contribution in [0.3, 0.4) is 0 Å². The lowest BCUT2D eigenvalue weighted by molar-refractivity contribution is -0.130. The van der Waals surface area contributed by atoms with Crippen molar-refractivity contribution in [1.29, 1.82) is 0 Å². The fourth-order valence-electron chi connectivity index (χ4n) is 2.57. The van der Waals surface area contributed by atoms with E-state index in [1.165, 1.54) is 0 Å². The van der Waals surface area contributed by atoms with Crippen LogP contribution in [0.2, 0.25) is 0 Å². The number of amides is 1. The van der Waals surface area contributed by atoms with Crippen LogP contribution in [0.4, 0.5) is 0 Å². The Hall–Kier alpha value is -2.14. The van der Waals surface area contributed by atoms with Gasteiger partial charge in [0.15, 0.2) is 0 Å². The normalized spacial score (nSPS) is 19.3. The summed E-state index contributed by atoms with van der Waals surface area (Å²) in [6.45, 7) is 1.33. The molecule has 1 amide bonds. The highest BCUT2D eigenvalue weighted by molar-refractivity contribution is 5.81. The van der Waals surface area contributed by atoms with E-state index in [1.807, 2.05) is 41.1 Å². The molecule has 2 aromatic rings. The summed E-state index contributed by atoms with van der Waals surface area (Å²) in [6, 6.07) is 9.90. The number of ether oxygens (including phenoxy) is 1. The standard InChI is InChI=1S/C16H19N3O2/c20-16(15-7-4-10-21-15)18-14(11-19-9-8-17-12-19)13-5-2-1-3-6-13/h1-3,5-6,8-9,12,14-15H,4,7,10-11H2,(H,18,20). The van der Waals surface area contributed by atoms with Crippen LogP contribution in [0, 0.1) is 0 Å². The summed E-state index contributed by atoms with van der Waals surface area (Å²) in [7, 11) is 0. The van der Waals surface area contributed by atoms with Gasteiger partial charge in [-0.2, -0.15) is 0 Å². The molecule has 1 aliphatic heterocycles. The van der Waals surface area contributed by atoms with E-state index >= 15 is 0 Å². The molecule has 2 unspecified atom stereocenters. The highest BCUT2D eigenvalue weighted by atomic mass is 16.5. The molecular weight excluding hydrogens is 266 g/mol. The molecule has 1 aromatic heterocycles. The third-order valence-electron chi connectivity index (χ3n) is 3.69. The predicted octanol–water partition coefficient (Wildman–Crippen LogP) is 1.92. The molecule has 1 N–H and O–H groups in total. The Morgan fingerprint density at radius 1 is 1.43 bits per heavy atom. The average molecular weight is 285 g/mol. The Balaban J connectivity index is 1.73. The minimum absolute atomic E-state index is 0.0264. The summed E-state index contributed by atoms with van der Waals surface area (Å²) >= 11 is 0. The zero-order valence-electron chi connectivity index (χ0n) is 11.8. The molecule has 0 spiro atoms. The molecule has 1 fully saturated rings. The Bertz CT molecular complexity index is 562. The SMILES string of the molecule is O=C(NC(Cn1ccnc1)c1ccccc1)C1CCCO1. The molecule has 1 saturated heterocycles. The van der Waals surface area contributed by atoms with Gasteiger partial charge in [0, 0.05) is 25.5 Å². The molecule has 5 nitrogen and oxygen atoms in total. The van der Waals surface area contributed by atoms with Gasteiger partial charge >= 0.3 is 0 Å². The summed E-state index contributed by atoms with van der Waals surface area (Å²) in [6.07, 6.45) is 6.85. The molecule has 1 aliphatic rings.